The molecule has 1 unspecified atom stereocenters. The number of halogens is 2. The van der Waals surface area contributed by atoms with Crippen molar-refractivity contribution in [2.24, 2.45) is 5.16 Å². The Morgan fingerprint density at radius 3 is 2.71 bits per heavy atom. The summed E-state index contributed by atoms with van der Waals surface area (Å²) >= 11 is 12.6. The van der Waals surface area contributed by atoms with Gasteiger partial charge >= 0.3 is 0 Å². The topological polar surface area (TPSA) is 104 Å². The number of benzene rings is 1. The van der Waals surface area contributed by atoms with Crippen LogP contribution in [-0.2, 0) is 6.54 Å². The van der Waals surface area contributed by atoms with Gasteiger partial charge in [-0.05, 0) is 50.7 Å². The van der Waals surface area contributed by atoms with Gasteiger partial charge in [-0.2, -0.15) is 5.10 Å². The lowest BCUT2D eigenvalue weighted by Gasteiger charge is -2.26. The summed E-state index contributed by atoms with van der Waals surface area (Å²) in [6.45, 7) is 4.65. The highest BCUT2D eigenvalue weighted by atomic mass is 35.5. The van der Waals surface area contributed by atoms with Gasteiger partial charge < -0.3 is 15.8 Å². The molecule has 1 aliphatic rings. The van der Waals surface area contributed by atoms with Crippen molar-refractivity contribution in [1.29, 1.82) is 0 Å². The van der Waals surface area contributed by atoms with E-state index in [4.69, 9.17) is 28.4 Å². The predicted molar refractivity (Wildman–Crippen MR) is 135 cm³/mol. The van der Waals surface area contributed by atoms with E-state index in [1.165, 1.54) is 0 Å². The number of carbonyl (C=O) groups excluding carboxylic acids is 1. The molecule has 34 heavy (non-hydrogen) atoms. The summed E-state index contributed by atoms with van der Waals surface area (Å²) in [5.74, 6) is -0.252. The Morgan fingerprint density at radius 1 is 1.26 bits per heavy atom. The molecule has 0 aliphatic heterocycles. The summed E-state index contributed by atoms with van der Waals surface area (Å²) in [5.41, 5.74) is 3.46. The molecule has 8 nitrogen and oxygen atoms in total. The Hall–Kier alpha value is -2.84. The average Bonchev–Trinajstić information content (AvgIpc) is 3.28. The second kappa shape index (κ2) is 10.6. The Bertz CT molecular complexity index is 1220. The van der Waals surface area contributed by atoms with Crippen LogP contribution in [0.5, 0.6) is 0 Å². The summed E-state index contributed by atoms with van der Waals surface area (Å²) in [4.78, 5) is 18.1. The minimum Gasteiger partial charge on any atom is -0.411 e. The third-order valence-electron chi connectivity index (χ3n) is 6.33. The minimum atomic E-state index is -0.307. The number of anilines is 1. The molecule has 3 N–H and O–H groups in total. The van der Waals surface area contributed by atoms with Crippen molar-refractivity contribution in [1.82, 2.24) is 20.1 Å². The van der Waals surface area contributed by atoms with Crippen molar-refractivity contribution in [3.05, 3.63) is 51.8 Å². The minimum absolute atomic E-state index is 0.136. The van der Waals surface area contributed by atoms with E-state index < -0.39 is 0 Å². The summed E-state index contributed by atoms with van der Waals surface area (Å²) in [6, 6.07) is 5.25. The molecule has 2 aromatic heterocycles. The standard InChI is InChI=1S/C24H28Cl2N6O2/c1-3-20(16-6-5-7-19(25)21(16)26)30-24(33)18-12-27-23-17(13-28-32(23)4-2)22(18)29-14-8-10-15(31-34)11-9-14/h5-7,12-14,20,34H,3-4,8-11H2,1-2H3,(H,27,29)(H,30,33). The van der Waals surface area contributed by atoms with Crippen LogP contribution in [0.2, 0.25) is 10.0 Å². The molecule has 0 spiro atoms. The number of nitrogens with zero attached hydrogens (tertiary/aromatic N) is 4. The number of amides is 1. The number of aryl methyl sites for hydroxylation is 1. The molecule has 180 valence electrons. The number of nitrogens with one attached hydrogen (secondary N) is 2. The van der Waals surface area contributed by atoms with Crippen LogP contribution in [0.25, 0.3) is 11.0 Å². The Labute approximate surface area is 208 Å². The first-order valence-electron chi connectivity index (χ1n) is 11.5. The molecule has 1 fully saturated rings. The largest absolute Gasteiger partial charge is 0.411 e. The van der Waals surface area contributed by atoms with E-state index in [1.54, 1.807) is 23.1 Å². The fourth-order valence-electron chi connectivity index (χ4n) is 4.41. The van der Waals surface area contributed by atoms with Crippen LogP contribution in [0, 0.1) is 0 Å². The van der Waals surface area contributed by atoms with Crippen molar-refractivity contribution >= 4 is 51.5 Å². The fraction of sp³-hybridized carbons (Fsp3) is 0.417. The van der Waals surface area contributed by atoms with E-state index in [0.717, 1.165) is 35.2 Å². The van der Waals surface area contributed by atoms with Gasteiger partial charge in [0.15, 0.2) is 5.65 Å². The van der Waals surface area contributed by atoms with Crippen LogP contribution in [0.3, 0.4) is 0 Å². The predicted octanol–water partition coefficient (Wildman–Crippen LogP) is 5.82. The molecule has 0 saturated heterocycles. The number of aromatic nitrogens is 3. The van der Waals surface area contributed by atoms with Gasteiger partial charge in [-0.1, -0.05) is 47.4 Å². The van der Waals surface area contributed by atoms with Crippen LogP contribution in [0.4, 0.5) is 5.69 Å². The highest BCUT2D eigenvalue weighted by Gasteiger charge is 2.25. The van der Waals surface area contributed by atoms with Gasteiger partial charge in [0, 0.05) is 18.8 Å². The highest BCUT2D eigenvalue weighted by Crippen LogP contribution is 2.33. The zero-order chi connectivity index (χ0) is 24.2. The number of rotatable bonds is 7. The molecule has 0 radical (unpaired) electrons. The third kappa shape index (κ3) is 4.83. The van der Waals surface area contributed by atoms with E-state index >= 15 is 0 Å². The van der Waals surface area contributed by atoms with Crippen molar-refractivity contribution in [3.8, 4) is 0 Å². The van der Waals surface area contributed by atoms with E-state index in [2.05, 4.69) is 25.9 Å². The van der Waals surface area contributed by atoms with Gasteiger partial charge in [0.05, 0.1) is 44.6 Å². The smallest absolute Gasteiger partial charge is 0.255 e. The summed E-state index contributed by atoms with van der Waals surface area (Å²) in [6.07, 6.45) is 7.03. The SMILES string of the molecule is CCC(NC(=O)c1cnc2c(cnn2CC)c1NC1CCC(=NO)CC1)c1cccc(Cl)c1Cl. The van der Waals surface area contributed by atoms with Gasteiger partial charge in [-0.25, -0.2) is 9.67 Å². The van der Waals surface area contributed by atoms with Crippen molar-refractivity contribution in [3.63, 3.8) is 0 Å². The molecular formula is C24H28Cl2N6O2. The first-order valence-corrected chi connectivity index (χ1v) is 12.3. The van der Waals surface area contributed by atoms with Gasteiger partial charge in [-0.3, -0.25) is 4.79 Å². The molecule has 1 aromatic carbocycles. The molecule has 3 aromatic rings. The fourth-order valence-corrected chi connectivity index (χ4v) is 4.85. The lowest BCUT2D eigenvalue weighted by atomic mass is 9.93. The maximum atomic E-state index is 13.5. The molecule has 1 saturated carbocycles. The zero-order valence-electron chi connectivity index (χ0n) is 19.2. The van der Waals surface area contributed by atoms with Crippen LogP contribution in [0.15, 0.2) is 35.7 Å². The van der Waals surface area contributed by atoms with Crippen molar-refractivity contribution < 1.29 is 10.0 Å². The number of hydrogen-bond donors (Lipinski definition) is 3. The highest BCUT2D eigenvalue weighted by molar-refractivity contribution is 6.42. The molecule has 4 rings (SSSR count). The lowest BCUT2D eigenvalue weighted by Crippen LogP contribution is -2.31. The van der Waals surface area contributed by atoms with Gasteiger partial charge in [0.2, 0.25) is 0 Å². The Balaban J connectivity index is 1.67. The van der Waals surface area contributed by atoms with Crippen LogP contribution < -0.4 is 10.6 Å². The van der Waals surface area contributed by atoms with E-state index in [-0.39, 0.29) is 18.0 Å². The Kier molecular flexibility index (Phi) is 7.58. The molecule has 0 bridgehead atoms. The molecule has 10 heteroatoms. The molecule has 1 aliphatic carbocycles. The summed E-state index contributed by atoms with van der Waals surface area (Å²) in [7, 11) is 0. The molecule has 1 amide bonds. The first kappa shape index (κ1) is 24.3. The number of carbonyl (C=O) groups is 1. The summed E-state index contributed by atoms with van der Waals surface area (Å²) < 4.78 is 1.81. The normalized spacial score (nSPS) is 16.9. The van der Waals surface area contributed by atoms with Crippen molar-refractivity contribution in [2.45, 2.75) is 64.6 Å². The van der Waals surface area contributed by atoms with Crippen LogP contribution in [-0.4, -0.2) is 37.6 Å². The number of oxime groups is 1. The van der Waals surface area contributed by atoms with Gasteiger partial charge in [0.1, 0.15) is 0 Å². The second-order valence-electron chi connectivity index (χ2n) is 8.41. The van der Waals surface area contributed by atoms with Crippen LogP contribution >= 0.6 is 23.2 Å². The number of fused-ring (bicyclic) bond motifs is 1. The zero-order valence-corrected chi connectivity index (χ0v) is 20.7. The monoisotopic (exact) mass is 502 g/mol. The number of pyridine rings is 1. The quantitative estimate of drug-likeness (QED) is 0.278. The maximum Gasteiger partial charge on any atom is 0.255 e. The lowest BCUT2D eigenvalue weighted by molar-refractivity contribution is 0.0936. The molecule has 1 atom stereocenters. The maximum absolute atomic E-state index is 13.5. The number of hydrogen-bond acceptors (Lipinski definition) is 6. The van der Waals surface area contributed by atoms with Crippen LogP contribution in [0.1, 0.15) is 67.9 Å². The molecular weight excluding hydrogens is 475 g/mol. The van der Waals surface area contributed by atoms with E-state index in [1.807, 2.05) is 26.0 Å². The van der Waals surface area contributed by atoms with Gasteiger partial charge in [-0.15, -0.1) is 0 Å². The average molecular weight is 503 g/mol. The Morgan fingerprint density at radius 2 is 2.03 bits per heavy atom. The van der Waals surface area contributed by atoms with E-state index in [9.17, 15) is 4.79 Å². The van der Waals surface area contributed by atoms with Crippen molar-refractivity contribution in [2.75, 3.05) is 5.32 Å². The molecule has 2 heterocycles. The van der Waals surface area contributed by atoms with E-state index in [0.29, 0.717) is 47.1 Å². The van der Waals surface area contributed by atoms with Gasteiger partial charge in [0.25, 0.3) is 5.91 Å². The third-order valence-corrected chi connectivity index (χ3v) is 7.17. The second-order valence-corrected chi connectivity index (χ2v) is 9.19. The first-order chi connectivity index (χ1) is 16.5. The summed E-state index contributed by atoms with van der Waals surface area (Å²) in [5, 5.41) is 25.2.